The molecule has 0 aliphatic carbocycles. The zero-order valence-corrected chi connectivity index (χ0v) is 14.8. The number of hydrogen-bond acceptors (Lipinski definition) is 3. The quantitative estimate of drug-likeness (QED) is 0.608. The largest absolute Gasteiger partial charge is 0.497 e. The lowest BCUT2D eigenvalue weighted by Crippen LogP contribution is -2.36. The Balaban J connectivity index is 1.94. The van der Waals surface area contributed by atoms with E-state index >= 15 is 0 Å². The first kappa shape index (κ1) is 17.4. The third kappa shape index (κ3) is 2.91. The summed E-state index contributed by atoms with van der Waals surface area (Å²) in [5.74, 6) is 0.917. The summed E-state index contributed by atoms with van der Waals surface area (Å²) < 4.78 is 46.6. The first-order chi connectivity index (χ1) is 12.9. The first-order valence-corrected chi connectivity index (χ1v) is 8.44. The maximum Gasteiger partial charge on any atom is 0.415 e. The van der Waals surface area contributed by atoms with E-state index in [1.54, 1.807) is 49.4 Å². The van der Waals surface area contributed by atoms with Crippen molar-refractivity contribution in [3.05, 3.63) is 71.8 Å². The molecular formula is C21H17F3N2O. The van der Waals surface area contributed by atoms with Crippen LogP contribution in [0.1, 0.15) is 17.2 Å². The SMILES string of the molecule is COc1ccc(C2=NC(C(F)(F)F)c3ccc4ccccc4c3N2C)cc1. The van der Waals surface area contributed by atoms with E-state index in [1.165, 1.54) is 6.07 Å². The monoisotopic (exact) mass is 370 g/mol. The molecule has 6 heteroatoms. The van der Waals surface area contributed by atoms with Gasteiger partial charge in [-0.05, 0) is 29.7 Å². The van der Waals surface area contributed by atoms with Crippen molar-refractivity contribution < 1.29 is 17.9 Å². The Morgan fingerprint density at radius 3 is 2.33 bits per heavy atom. The van der Waals surface area contributed by atoms with Crippen molar-refractivity contribution in [1.82, 2.24) is 0 Å². The van der Waals surface area contributed by atoms with Crippen molar-refractivity contribution in [2.24, 2.45) is 4.99 Å². The molecular weight excluding hydrogens is 353 g/mol. The molecule has 3 aromatic carbocycles. The predicted octanol–water partition coefficient (Wildman–Crippen LogP) is 5.35. The number of halogens is 3. The molecule has 0 amide bonds. The summed E-state index contributed by atoms with van der Waals surface area (Å²) in [5.41, 5.74) is 1.31. The van der Waals surface area contributed by atoms with Crippen LogP contribution < -0.4 is 9.64 Å². The van der Waals surface area contributed by atoms with Crippen LogP contribution >= 0.6 is 0 Å². The van der Waals surface area contributed by atoms with Crippen LogP contribution in [0, 0.1) is 0 Å². The molecule has 27 heavy (non-hydrogen) atoms. The van der Waals surface area contributed by atoms with E-state index < -0.39 is 12.2 Å². The van der Waals surface area contributed by atoms with Crippen molar-refractivity contribution in [2.45, 2.75) is 12.2 Å². The van der Waals surface area contributed by atoms with E-state index in [0.717, 1.165) is 10.8 Å². The van der Waals surface area contributed by atoms with Crippen LogP contribution in [0.4, 0.5) is 18.9 Å². The number of aliphatic imine (C=N–C) groups is 1. The number of rotatable bonds is 2. The fraction of sp³-hybridized carbons (Fsp3) is 0.190. The summed E-state index contributed by atoms with van der Waals surface area (Å²) in [7, 11) is 3.29. The zero-order valence-electron chi connectivity index (χ0n) is 14.8. The summed E-state index contributed by atoms with van der Waals surface area (Å²) in [4.78, 5) is 5.82. The molecule has 1 aliphatic rings. The van der Waals surface area contributed by atoms with Crippen molar-refractivity contribution in [3.63, 3.8) is 0 Å². The van der Waals surface area contributed by atoms with Gasteiger partial charge in [0.2, 0.25) is 0 Å². The van der Waals surface area contributed by atoms with Crippen LogP contribution in [0.15, 0.2) is 65.7 Å². The standard InChI is InChI=1S/C21H17F3N2O/c1-26-18-16-6-4-3-5-13(16)9-12-17(18)19(21(22,23)24)25-20(26)14-7-10-15(27-2)11-8-14/h3-12,19H,1-2H3. The highest BCUT2D eigenvalue weighted by Crippen LogP contribution is 2.46. The van der Waals surface area contributed by atoms with Crippen LogP contribution in [-0.2, 0) is 0 Å². The number of amidine groups is 1. The summed E-state index contributed by atoms with van der Waals surface area (Å²) in [6.45, 7) is 0. The molecule has 0 saturated heterocycles. The number of hydrogen-bond donors (Lipinski definition) is 0. The average Bonchev–Trinajstić information content (AvgIpc) is 2.67. The molecule has 3 nitrogen and oxygen atoms in total. The molecule has 1 atom stereocenters. The van der Waals surface area contributed by atoms with Crippen molar-refractivity contribution in [2.75, 3.05) is 19.1 Å². The molecule has 3 aromatic rings. The van der Waals surface area contributed by atoms with E-state index in [-0.39, 0.29) is 11.4 Å². The summed E-state index contributed by atoms with van der Waals surface area (Å²) >= 11 is 0. The van der Waals surface area contributed by atoms with Crippen LogP contribution in [0.25, 0.3) is 10.8 Å². The van der Waals surface area contributed by atoms with Crippen LogP contribution in [-0.4, -0.2) is 26.2 Å². The summed E-state index contributed by atoms with van der Waals surface area (Å²) in [6.07, 6.45) is -4.48. The van der Waals surface area contributed by atoms with Gasteiger partial charge in [-0.15, -0.1) is 0 Å². The fourth-order valence-electron chi connectivity index (χ4n) is 3.51. The Labute approximate surface area is 154 Å². The van der Waals surface area contributed by atoms with E-state index in [1.807, 2.05) is 24.3 Å². The number of ether oxygens (including phenoxy) is 1. The molecule has 1 heterocycles. The fourth-order valence-corrected chi connectivity index (χ4v) is 3.51. The number of nitrogens with zero attached hydrogens (tertiary/aromatic N) is 2. The van der Waals surface area contributed by atoms with Gasteiger partial charge in [0, 0.05) is 23.6 Å². The second-order valence-corrected chi connectivity index (χ2v) is 6.41. The van der Waals surface area contributed by atoms with Gasteiger partial charge < -0.3 is 9.64 Å². The molecule has 1 aliphatic heterocycles. The number of benzene rings is 3. The Bertz CT molecular complexity index is 1030. The zero-order chi connectivity index (χ0) is 19.2. The molecule has 4 rings (SSSR count). The van der Waals surface area contributed by atoms with E-state index in [4.69, 9.17) is 4.74 Å². The van der Waals surface area contributed by atoms with Gasteiger partial charge in [-0.2, -0.15) is 13.2 Å². The maximum atomic E-state index is 13.8. The third-order valence-corrected chi connectivity index (χ3v) is 4.79. The van der Waals surface area contributed by atoms with E-state index in [0.29, 0.717) is 17.0 Å². The van der Waals surface area contributed by atoms with Crippen LogP contribution in [0.5, 0.6) is 5.75 Å². The van der Waals surface area contributed by atoms with Crippen molar-refractivity contribution in [1.29, 1.82) is 0 Å². The maximum absolute atomic E-state index is 13.8. The van der Waals surface area contributed by atoms with Gasteiger partial charge >= 0.3 is 6.18 Å². The van der Waals surface area contributed by atoms with Crippen LogP contribution in [0.2, 0.25) is 0 Å². The predicted molar refractivity (Wildman–Crippen MR) is 101 cm³/mol. The van der Waals surface area contributed by atoms with Gasteiger partial charge in [0.15, 0.2) is 6.04 Å². The lowest BCUT2D eigenvalue weighted by Gasteiger charge is -2.34. The Kier molecular flexibility index (Phi) is 4.06. The second-order valence-electron chi connectivity index (χ2n) is 6.41. The smallest absolute Gasteiger partial charge is 0.415 e. The Morgan fingerprint density at radius 1 is 0.963 bits per heavy atom. The Hall–Kier alpha value is -3.02. The van der Waals surface area contributed by atoms with Gasteiger partial charge in [0.05, 0.1) is 12.8 Å². The topological polar surface area (TPSA) is 24.8 Å². The van der Waals surface area contributed by atoms with Gasteiger partial charge in [-0.25, -0.2) is 4.99 Å². The highest BCUT2D eigenvalue weighted by atomic mass is 19.4. The van der Waals surface area contributed by atoms with E-state index in [2.05, 4.69) is 4.99 Å². The van der Waals surface area contributed by atoms with E-state index in [9.17, 15) is 13.2 Å². The first-order valence-electron chi connectivity index (χ1n) is 8.44. The summed E-state index contributed by atoms with van der Waals surface area (Å²) in [5, 5.41) is 1.66. The molecule has 0 bridgehead atoms. The molecule has 0 fully saturated rings. The number of alkyl halides is 3. The normalized spacial score (nSPS) is 16.9. The van der Waals surface area contributed by atoms with Crippen LogP contribution in [0.3, 0.4) is 0 Å². The lowest BCUT2D eigenvalue weighted by molar-refractivity contribution is -0.148. The second kappa shape index (κ2) is 6.30. The highest BCUT2D eigenvalue weighted by Gasteiger charge is 2.45. The minimum atomic E-state index is -4.48. The van der Waals surface area contributed by atoms with Crippen molar-refractivity contribution >= 4 is 22.3 Å². The number of fused-ring (bicyclic) bond motifs is 3. The van der Waals surface area contributed by atoms with Gasteiger partial charge in [-0.3, -0.25) is 0 Å². The van der Waals surface area contributed by atoms with Crippen molar-refractivity contribution in [3.8, 4) is 5.75 Å². The highest BCUT2D eigenvalue weighted by molar-refractivity contribution is 6.15. The average molecular weight is 370 g/mol. The number of methoxy groups -OCH3 is 1. The molecule has 0 N–H and O–H groups in total. The molecule has 0 saturated carbocycles. The number of anilines is 1. The molecule has 0 aromatic heterocycles. The third-order valence-electron chi connectivity index (χ3n) is 4.79. The lowest BCUT2D eigenvalue weighted by atomic mass is 9.95. The summed E-state index contributed by atoms with van der Waals surface area (Å²) in [6, 6.07) is 15.7. The minimum Gasteiger partial charge on any atom is -0.497 e. The Morgan fingerprint density at radius 2 is 1.67 bits per heavy atom. The molecule has 138 valence electrons. The molecule has 0 radical (unpaired) electrons. The molecule has 0 spiro atoms. The minimum absolute atomic E-state index is 0.168. The van der Waals surface area contributed by atoms with Gasteiger partial charge in [-0.1, -0.05) is 36.4 Å². The molecule has 1 unspecified atom stereocenters. The van der Waals surface area contributed by atoms with Gasteiger partial charge in [0.25, 0.3) is 0 Å². The van der Waals surface area contributed by atoms with Gasteiger partial charge in [0.1, 0.15) is 11.6 Å².